The van der Waals surface area contributed by atoms with E-state index in [1.165, 1.54) is 11.1 Å². The standard InChI is InChI=1S/C25H25Cl3N2/c1-18(19-5-3-2-4-6-19)16-29-13-14-30(24-12-11-22(27)15-23(24)28)25(17-29)20-7-9-21(26)10-8-20/h2-12,15,18,25H,13-14,16-17H2,1H3/t18-,25+/m1/s1. The van der Waals surface area contributed by atoms with Crippen LogP contribution in [0, 0.1) is 0 Å². The lowest BCUT2D eigenvalue weighted by Gasteiger charge is -2.44. The van der Waals surface area contributed by atoms with E-state index in [4.69, 9.17) is 34.8 Å². The maximum atomic E-state index is 6.58. The van der Waals surface area contributed by atoms with E-state index in [2.05, 4.69) is 59.2 Å². The molecule has 0 bridgehead atoms. The highest BCUT2D eigenvalue weighted by Gasteiger charge is 2.30. The molecule has 0 unspecified atom stereocenters. The van der Waals surface area contributed by atoms with Gasteiger partial charge in [0.05, 0.1) is 16.8 Å². The van der Waals surface area contributed by atoms with Crippen molar-refractivity contribution in [3.05, 3.63) is 99.0 Å². The second kappa shape index (κ2) is 9.62. The first kappa shape index (κ1) is 21.5. The summed E-state index contributed by atoms with van der Waals surface area (Å²) < 4.78 is 0. The van der Waals surface area contributed by atoms with Gasteiger partial charge in [0, 0.05) is 36.2 Å². The summed E-state index contributed by atoms with van der Waals surface area (Å²) in [5, 5.41) is 2.09. The minimum atomic E-state index is 0.192. The van der Waals surface area contributed by atoms with E-state index in [0.29, 0.717) is 16.0 Å². The Morgan fingerprint density at radius 3 is 2.27 bits per heavy atom. The smallest absolute Gasteiger partial charge is 0.0670 e. The van der Waals surface area contributed by atoms with Crippen molar-refractivity contribution >= 4 is 40.5 Å². The van der Waals surface area contributed by atoms with Crippen LogP contribution in [0.4, 0.5) is 5.69 Å². The van der Waals surface area contributed by atoms with Gasteiger partial charge in [-0.2, -0.15) is 0 Å². The topological polar surface area (TPSA) is 6.48 Å². The van der Waals surface area contributed by atoms with Crippen molar-refractivity contribution in [2.24, 2.45) is 0 Å². The molecule has 0 N–H and O–H groups in total. The Morgan fingerprint density at radius 2 is 1.57 bits per heavy atom. The summed E-state index contributed by atoms with van der Waals surface area (Å²) in [4.78, 5) is 4.95. The fraction of sp³-hybridized carbons (Fsp3) is 0.280. The van der Waals surface area contributed by atoms with E-state index in [-0.39, 0.29) is 6.04 Å². The third-order valence-corrected chi connectivity index (χ3v) is 6.63. The molecule has 5 heteroatoms. The molecule has 0 spiro atoms. The first-order valence-corrected chi connectivity index (χ1v) is 11.4. The van der Waals surface area contributed by atoms with Gasteiger partial charge in [-0.25, -0.2) is 0 Å². The zero-order valence-electron chi connectivity index (χ0n) is 16.9. The maximum Gasteiger partial charge on any atom is 0.0670 e. The van der Waals surface area contributed by atoms with Crippen LogP contribution in [0.3, 0.4) is 0 Å². The Bertz CT molecular complexity index is 975. The van der Waals surface area contributed by atoms with Crippen LogP contribution in [0.25, 0.3) is 0 Å². The molecule has 0 amide bonds. The molecule has 3 aromatic rings. The second-order valence-corrected chi connectivity index (χ2v) is 9.21. The second-order valence-electron chi connectivity index (χ2n) is 7.93. The van der Waals surface area contributed by atoms with Gasteiger partial charge in [-0.3, -0.25) is 4.90 Å². The fourth-order valence-corrected chi connectivity index (χ4v) is 4.90. The minimum Gasteiger partial charge on any atom is -0.361 e. The van der Waals surface area contributed by atoms with Crippen molar-refractivity contribution in [3.63, 3.8) is 0 Å². The van der Waals surface area contributed by atoms with Crippen molar-refractivity contribution in [3.8, 4) is 0 Å². The number of hydrogen-bond acceptors (Lipinski definition) is 2. The number of halogens is 3. The normalized spacial score (nSPS) is 18.4. The Morgan fingerprint density at radius 1 is 0.867 bits per heavy atom. The molecule has 0 radical (unpaired) electrons. The predicted molar refractivity (Wildman–Crippen MR) is 129 cm³/mol. The summed E-state index contributed by atoms with van der Waals surface area (Å²) in [6.45, 7) is 6.14. The van der Waals surface area contributed by atoms with Crippen LogP contribution in [0.5, 0.6) is 0 Å². The molecule has 2 atom stereocenters. The molecule has 0 saturated carbocycles. The monoisotopic (exact) mass is 458 g/mol. The van der Waals surface area contributed by atoms with Gasteiger partial charge in [0.1, 0.15) is 0 Å². The molecular formula is C25H25Cl3N2. The number of hydrogen-bond donors (Lipinski definition) is 0. The van der Waals surface area contributed by atoms with E-state index < -0.39 is 0 Å². The molecule has 0 aromatic heterocycles. The van der Waals surface area contributed by atoms with Crippen LogP contribution in [0.15, 0.2) is 72.8 Å². The summed E-state index contributed by atoms with van der Waals surface area (Å²) in [6.07, 6.45) is 0. The summed E-state index contributed by atoms with van der Waals surface area (Å²) in [5.74, 6) is 0.475. The van der Waals surface area contributed by atoms with Gasteiger partial charge < -0.3 is 4.90 Å². The summed E-state index contributed by atoms with van der Waals surface area (Å²) in [5.41, 5.74) is 3.64. The highest BCUT2D eigenvalue weighted by atomic mass is 35.5. The highest BCUT2D eigenvalue weighted by Crippen LogP contribution is 2.37. The Balaban J connectivity index is 1.59. The van der Waals surface area contributed by atoms with Gasteiger partial charge in [-0.15, -0.1) is 0 Å². The zero-order chi connectivity index (χ0) is 21.1. The molecule has 2 nitrogen and oxygen atoms in total. The van der Waals surface area contributed by atoms with E-state index in [0.717, 1.165) is 36.9 Å². The van der Waals surface area contributed by atoms with E-state index >= 15 is 0 Å². The summed E-state index contributed by atoms with van der Waals surface area (Å²) >= 11 is 18.9. The first-order valence-electron chi connectivity index (χ1n) is 10.3. The van der Waals surface area contributed by atoms with Gasteiger partial charge in [0.2, 0.25) is 0 Å². The molecule has 3 aromatic carbocycles. The third-order valence-electron chi connectivity index (χ3n) is 5.84. The lowest BCUT2D eigenvalue weighted by molar-refractivity contribution is 0.214. The van der Waals surface area contributed by atoms with Crippen LogP contribution < -0.4 is 4.90 Å². The largest absolute Gasteiger partial charge is 0.361 e. The lowest BCUT2D eigenvalue weighted by Crippen LogP contribution is -2.49. The van der Waals surface area contributed by atoms with Gasteiger partial charge in [0.25, 0.3) is 0 Å². The van der Waals surface area contributed by atoms with Crippen LogP contribution in [-0.4, -0.2) is 31.1 Å². The van der Waals surface area contributed by atoms with Crippen LogP contribution in [0.1, 0.15) is 30.0 Å². The molecule has 1 fully saturated rings. The molecule has 4 rings (SSSR count). The van der Waals surface area contributed by atoms with Crippen LogP contribution >= 0.6 is 34.8 Å². The van der Waals surface area contributed by atoms with Crippen molar-refractivity contribution in [2.45, 2.75) is 18.9 Å². The minimum absolute atomic E-state index is 0.192. The van der Waals surface area contributed by atoms with E-state index in [9.17, 15) is 0 Å². The number of rotatable bonds is 5. The molecule has 0 aliphatic carbocycles. The van der Waals surface area contributed by atoms with Crippen molar-refractivity contribution < 1.29 is 0 Å². The molecule has 156 valence electrons. The lowest BCUT2D eigenvalue weighted by atomic mass is 9.97. The average molecular weight is 460 g/mol. The first-order chi connectivity index (χ1) is 14.5. The average Bonchev–Trinajstić information content (AvgIpc) is 2.75. The molecule has 1 aliphatic heterocycles. The van der Waals surface area contributed by atoms with Crippen LogP contribution in [-0.2, 0) is 0 Å². The summed E-state index contributed by atoms with van der Waals surface area (Å²) in [7, 11) is 0. The quantitative estimate of drug-likeness (QED) is 0.394. The molecule has 1 aliphatic rings. The van der Waals surface area contributed by atoms with E-state index in [1.54, 1.807) is 0 Å². The number of piperazine rings is 1. The predicted octanol–water partition coefficient (Wildman–Crippen LogP) is 7.31. The van der Waals surface area contributed by atoms with Gasteiger partial charge in [0.15, 0.2) is 0 Å². The van der Waals surface area contributed by atoms with Crippen LogP contribution in [0.2, 0.25) is 15.1 Å². The van der Waals surface area contributed by atoms with E-state index in [1.807, 2.05) is 30.3 Å². The molecule has 1 saturated heterocycles. The molecule has 1 heterocycles. The molecular weight excluding hydrogens is 435 g/mol. The number of nitrogens with zero attached hydrogens (tertiary/aromatic N) is 2. The SMILES string of the molecule is C[C@H](CN1CCN(c2ccc(Cl)cc2Cl)[C@H](c2ccc(Cl)cc2)C1)c1ccccc1. The Hall–Kier alpha value is -1.71. The van der Waals surface area contributed by atoms with Gasteiger partial charge in [-0.1, -0.05) is 84.2 Å². The maximum absolute atomic E-state index is 6.58. The fourth-order valence-electron chi connectivity index (χ4n) is 4.25. The number of benzene rings is 3. The number of anilines is 1. The van der Waals surface area contributed by atoms with Crippen molar-refractivity contribution in [2.75, 3.05) is 31.1 Å². The summed E-state index contributed by atoms with van der Waals surface area (Å²) in [6, 6.07) is 24.8. The van der Waals surface area contributed by atoms with Gasteiger partial charge in [-0.05, 0) is 47.4 Å². The Kier molecular flexibility index (Phi) is 6.90. The third kappa shape index (κ3) is 4.95. The van der Waals surface area contributed by atoms with Crippen molar-refractivity contribution in [1.82, 2.24) is 4.90 Å². The zero-order valence-corrected chi connectivity index (χ0v) is 19.2. The van der Waals surface area contributed by atoms with Gasteiger partial charge >= 0.3 is 0 Å². The Labute approximate surface area is 194 Å². The van der Waals surface area contributed by atoms with Crippen molar-refractivity contribution in [1.29, 1.82) is 0 Å². The highest BCUT2D eigenvalue weighted by molar-refractivity contribution is 6.36. The molecule has 30 heavy (non-hydrogen) atoms.